The fraction of sp³-hybridized carbons (Fsp3) is 0.417. The van der Waals surface area contributed by atoms with Crippen LogP contribution in [0.25, 0.3) is 0 Å². The number of hydrogen-bond acceptors (Lipinski definition) is 5. The number of phenolic OH excluding ortho intramolecular Hbond substituents is 1. The summed E-state index contributed by atoms with van der Waals surface area (Å²) in [6.45, 7) is 1.62. The van der Waals surface area contributed by atoms with Gasteiger partial charge in [0.2, 0.25) is 0 Å². The molecule has 1 N–H and O–H groups in total. The van der Waals surface area contributed by atoms with Crippen molar-refractivity contribution < 1.29 is 24.1 Å². The Morgan fingerprint density at radius 1 is 1.53 bits per heavy atom. The smallest absolute Gasteiger partial charge is 0.302 e. The number of carbonyl (C=O) groups is 1. The van der Waals surface area contributed by atoms with Gasteiger partial charge in [-0.05, 0) is 17.7 Å². The van der Waals surface area contributed by atoms with E-state index in [0.29, 0.717) is 5.75 Å². The van der Waals surface area contributed by atoms with Crippen LogP contribution in [-0.4, -0.2) is 30.9 Å². The third-order valence-electron chi connectivity index (χ3n) is 2.57. The molecule has 0 saturated carbocycles. The van der Waals surface area contributed by atoms with Crippen molar-refractivity contribution in [3.63, 3.8) is 0 Å². The summed E-state index contributed by atoms with van der Waals surface area (Å²) < 4.78 is 15.2. The zero-order valence-electron chi connectivity index (χ0n) is 9.67. The molecule has 0 aliphatic carbocycles. The van der Waals surface area contributed by atoms with Crippen LogP contribution in [0.2, 0.25) is 0 Å². The number of methoxy groups -OCH3 is 1. The van der Waals surface area contributed by atoms with Gasteiger partial charge < -0.3 is 19.3 Å². The number of benzene rings is 1. The molecule has 1 saturated heterocycles. The maximum atomic E-state index is 10.6. The SMILES string of the molecule is COc1cc([C@H]2O[C@@H]2COC(C)=O)ccc1O. The maximum Gasteiger partial charge on any atom is 0.302 e. The van der Waals surface area contributed by atoms with E-state index in [-0.39, 0.29) is 30.5 Å². The topological polar surface area (TPSA) is 68.3 Å². The van der Waals surface area contributed by atoms with Crippen LogP contribution in [0, 0.1) is 0 Å². The van der Waals surface area contributed by atoms with Gasteiger partial charge >= 0.3 is 5.97 Å². The highest BCUT2D eigenvalue weighted by Crippen LogP contribution is 2.41. The van der Waals surface area contributed by atoms with Crippen LogP contribution >= 0.6 is 0 Å². The third-order valence-corrected chi connectivity index (χ3v) is 2.57. The molecule has 1 heterocycles. The standard InChI is InChI=1S/C12H14O5/c1-7(13)16-6-11-12(17-11)8-3-4-9(14)10(5-8)15-2/h3-5,11-12,14H,6H2,1-2H3/t11-,12-/m1/s1. The van der Waals surface area contributed by atoms with Crippen LogP contribution in [-0.2, 0) is 14.3 Å². The molecule has 0 amide bonds. The predicted octanol–water partition coefficient (Wildman–Crippen LogP) is 1.40. The van der Waals surface area contributed by atoms with Crippen LogP contribution in [0.4, 0.5) is 0 Å². The summed E-state index contributed by atoms with van der Waals surface area (Å²) in [5.74, 6) is 0.181. The van der Waals surface area contributed by atoms with E-state index in [2.05, 4.69) is 0 Å². The van der Waals surface area contributed by atoms with Crippen LogP contribution in [0.1, 0.15) is 18.6 Å². The lowest BCUT2D eigenvalue weighted by molar-refractivity contribution is -0.141. The lowest BCUT2D eigenvalue weighted by Crippen LogP contribution is -2.06. The van der Waals surface area contributed by atoms with Gasteiger partial charge in [-0.2, -0.15) is 0 Å². The molecule has 2 rings (SSSR count). The molecule has 1 aromatic carbocycles. The molecule has 1 aromatic rings. The van der Waals surface area contributed by atoms with Crippen LogP contribution < -0.4 is 4.74 Å². The van der Waals surface area contributed by atoms with E-state index < -0.39 is 0 Å². The normalized spacial score (nSPS) is 22.0. The summed E-state index contributed by atoms with van der Waals surface area (Å²) in [4.78, 5) is 10.6. The second-order valence-corrected chi connectivity index (χ2v) is 3.83. The van der Waals surface area contributed by atoms with E-state index in [1.165, 1.54) is 14.0 Å². The summed E-state index contributed by atoms with van der Waals surface area (Å²) in [5.41, 5.74) is 0.900. The molecule has 0 bridgehead atoms. The van der Waals surface area contributed by atoms with Gasteiger partial charge in [-0.3, -0.25) is 4.79 Å². The molecule has 0 radical (unpaired) electrons. The molecule has 1 fully saturated rings. The molecule has 5 heteroatoms. The largest absolute Gasteiger partial charge is 0.504 e. The number of phenols is 1. The summed E-state index contributed by atoms with van der Waals surface area (Å²) in [6.07, 6.45) is -0.197. The minimum atomic E-state index is -0.317. The van der Waals surface area contributed by atoms with Crippen molar-refractivity contribution in [2.75, 3.05) is 13.7 Å². The summed E-state index contributed by atoms with van der Waals surface area (Å²) in [7, 11) is 1.49. The van der Waals surface area contributed by atoms with Gasteiger partial charge in [-0.15, -0.1) is 0 Å². The fourth-order valence-corrected chi connectivity index (χ4v) is 1.63. The summed E-state index contributed by atoms with van der Waals surface area (Å²) in [5, 5.41) is 9.44. The molecule has 1 aliphatic rings. The third kappa shape index (κ3) is 2.68. The average Bonchev–Trinajstić information content (AvgIpc) is 3.06. The molecular formula is C12H14O5. The van der Waals surface area contributed by atoms with E-state index in [1.54, 1.807) is 18.2 Å². The second kappa shape index (κ2) is 4.63. The first-order valence-electron chi connectivity index (χ1n) is 5.27. The number of hydrogen-bond donors (Lipinski definition) is 1. The summed E-state index contributed by atoms with van der Waals surface area (Å²) >= 11 is 0. The van der Waals surface area contributed by atoms with E-state index >= 15 is 0 Å². The van der Waals surface area contributed by atoms with E-state index in [4.69, 9.17) is 14.2 Å². The minimum Gasteiger partial charge on any atom is -0.504 e. The molecule has 92 valence electrons. The number of aromatic hydroxyl groups is 1. The Labute approximate surface area is 98.9 Å². The highest BCUT2D eigenvalue weighted by atomic mass is 16.6. The van der Waals surface area contributed by atoms with Gasteiger partial charge in [0.1, 0.15) is 18.8 Å². The Hall–Kier alpha value is -1.75. The molecule has 2 atom stereocenters. The highest BCUT2D eigenvalue weighted by molar-refractivity contribution is 5.65. The van der Waals surface area contributed by atoms with Crippen molar-refractivity contribution in [2.45, 2.75) is 19.1 Å². The molecule has 0 spiro atoms. The highest BCUT2D eigenvalue weighted by Gasteiger charge is 2.41. The predicted molar refractivity (Wildman–Crippen MR) is 58.9 cm³/mol. The number of ether oxygens (including phenoxy) is 3. The van der Waals surface area contributed by atoms with Gasteiger partial charge in [0.25, 0.3) is 0 Å². The van der Waals surface area contributed by atoms with Gasteiger partial charge in [0, 0.05) is 6.92 Å². The Bertz CT molecular complexity index is 429. The quantitative estimate of drug-likeness (QED) is 0.634. The molecule has 0 unspecified atom stereocenters. The van der Waals surface area contributed by atoms with Gasteiger partial charge in [-0.1, -0.05) is 6.07 Å². The average molecular weight is 238 g/mol. The number of epoxide rings is 1. The van der Waals surface area contributed by atoms with Crippen LogP contribution in [0.3, 0.4) is 0 Å². The van der Waals surface area contributed by atoms with Crippen molar-refractivity contribution in [3.8, 4) is 11.5 Å². The minimum absolute atomic E-state index is 0.0911. The van der Waals surface area contributed by atoms with Crippen molar-refractivity contribution in [3.05, 3.63) is 23.8 Å². The second-order valence-electron chi connectivity index (χ2n) is 3.83. The lowest BCUT2D eigenvalue weighted by Gasteiger charge is -2.04. The van der Waals surface area contributed by atoms with Crippen molar-refractivity contribution in [2.24, 2.45) is 0 Å². The van der Waals surface area contributed by atoms with Crippen molar-refractivity contribution in [1.82, 2.24) is 0 Å². The Balaban J connectivity index is 1.98. The van der Waals surface area contributed by atoms with Gasteiger partial charge in [0.05, 0.1) is 7.11 Å². The number of carbonyl (C=O) groups excluding carboxylic acids is 1. The summed E-state index contributed by atoms with van der Waals surface area (Å²) in [6, 6.07) is 5.03. The zero-order chi connectivity index (χ0) is 12.4. The maximum absolute atomic E-state index is 10.6. The first-order chi connectivity index (χ1) is 8.11. The van der Waals surface area contributed by atoms with E-state index in [9.17, 15) is 9.90 Å². The van der Waals surface area contributed by atoms with Gasteiger partial charge in [-0.25, -0.2) is 0 Å². The molecule has 5 nitrogen and oxygen atoms in total. The van der Waals surface area contributed by atoms with E-state index in [1.807, 2.05) is 0 Å². The molecule has 0 aromatic heterocycles. The number of esters is 1. The first-order valence-corrected chi connectivity index (χ1v) is 5.27. The number of rotatable bonds is 4. The monoisotopic (exact) mass is 238 g/mol. The molecule has 1 aliphatic heterocycles. The molecular weight excluding hydrogens is 224 g/mol. The van der Waals surface area contributed by atoms with Crippen LogP contribution in [0.15, 0.2) is 18.2 Å². The van der Waals surface area contributed by atoms with Crippen LogP contribution in [0.5, 0.6) is 11.5 Å². The first kappa shape index (κ1) is 11.7. The van der Waals surface area contributed by atoms with Gasteiger partial charge in [0.15, 0.2) is 11.5 Å². The molecule has 17 heavy (non-hydrogen) atoms. The fourth-order valence-electron chi connectivity index (χ4n) is 1.63. The lowest BCUT2D eigenvalue weighted by atomic mass is 10.1. The Morgan fingerprint density at radius 2 is 2.29 bits per heavy atom. The van der Waals surface area contributed by atoms with Crippen molar-refractivity contribution >= 4 is 5.97 Å². The van der Waals surface area contributed by atoms with Crippen molar-refractivity contribution in [1.29, 1.82) is 0 Å². The van der Waals surface area contributed by atoms with E-state index in [0.717, 1.165) is 5.56 Å². The Kier molecular flexibility index (Phi) is 3.19. The zero-order valence-corrected chi connectivity index (χ0v) is 9.67. The Morgan fingerprint density at radius 3 is 2.94 bits per heavy atom.